The molecule has 2 fully saturated rings. The van der Waals surface area contributed by atoms with Gasteiger partial charge in [0.25, 0.3) is 0 Å². The van der Waals surface area contributed by atoms with Crippen LogP contribution in [0.5, 0.6) is 0 Å². The Morgan fingerprint density at radius 3 is 2.60 bits per heavy atom. The summed E-state index contributed by atoms with van der Waals surface area (Å²) >= 11 is 0. The van der Waals surface area contributed by atoms with Crippen LogP contribution in [0.2, 0.25) is 0 Å². The van der Waals surface area contributed by atoms with E-state index >= 15 is 0 Å². The standard InChI is InChI=1S/C12H24N2O/c1-8(2)15-7-12(14-13)11-6-9-3-4-10(11)5-9/h8-12,14H,3-7,13H2,1-2H3. The minimum absolute atomic E-state index is 0.305. The number of fused-ring (bicyclic) bond motifs is 2. The van der Waals surface area contributed by atoms with Crippen molar-refractivity contribution in [2.24, 2.45) is 23.6 Å². The van der Waals surface area contributed by atoms with E-state index in [0.29, 0.717) is 12.1 Å². The minimum atomic E-state index is 0.305. The first kappa shape index (κ1) is 11.4. The van der Waals surface area contributed by atoms with Gasteiger partial charge in [0.1, 0.15) is 0 Å². The zero-order chi connectivity index (χ0) is 10.8. The second-order valence-corrected chi connectivity index (χ2v) is 5.49. The second kappa shape index (κ2) is 4.81. The van der Waals surface area contributed by atoms with Gasteiger partial charge in [0, 0.05) is 6.04 Å². The SMILES string of the molecule is CC(C)OCC(NN)C1CC2CCC1C2. The van der Waals surface area contributed by atoms with Crippen LogP contribution in [0.1, 0.15) is 39.5 Å². The quantitative estimate of drug-likeness (QED) is 0.538. The lowest BCUT2D eigenvalue weighted by Gasteiger charge is -2.30. The third-order valence-corrected chi connectivity index (χ3v) is 4.13. The maximum Gasteiger partial charge on any atom is 0.0639 e. The van der Waals surface area contributed by atoms with Gasteiger partial charge in [-0.25, -0.2) is 0 Å². The maximum absolute atomic E-state index is 5.67. The fraction of sp³-hybridized carbons (Fsp3) is 1.00. The Hall–Kier alpha value is -0.120. The molecule has 0 saturated heterocycles. The Bertz CT molecular complexity index is 208. The summed E-state index contributed by atoms with van der Waals surface area (Å²) < 4.78 is 5.67. The van der Waals surface area contributed by atoms with E-state index in [2.05, 4.69) is 19.3 Å². The van der Waals surface area contributed by atoms with Crippen LogP contribution in [-0.2, 0) is 4.74 Å². The van der Waals surface area contributed by atoms with Crippen LogP contribution in [0, 0.1) is 17.8 Å². The van der Waals surface area contributed by atoms with Crippen molar-refractivity contribution in [3.05, 3.63) is 0 Å². The van der Waals surface area contributed by atoms with E-state index in [0.717, 1.165) is 24.4 Å². The van der Waals surface area contributed by atoms with E-state index in [1.54, 1.807) is 0 Å². The number of nitrogens with two attached hydrogens (primary N) is 1. The summed E-state index contributed by atoms with van der Waals surface area (Å²) in [5.41, 5.74) is 2.96. The van der Waals surface area contributed by atoms with Crippen molar-refractivity contribution in [3.8, 4) is 0 Å². The summed E-state index contributed by atoms with van der Waals surface area (Å²) in [6, 6.07) is 0.364. The summed E-state index contributed by atoms with van der Waals surface area (Å²) in [6.45, 7) is 4.92. The van der Waals surface area contributed by atoms with Gasteiger partial charge in [-0.2, -0.15) is 0 Å². The zero-order valence-electron chi connectivity index (χ0n) is 9.91. The normalized spacial score (nSPS) is 36.4. The Labute approximate surface area is 92.7 Å². The van der Waals surface area contributed by atoms with Gasteiger partial charge in [0.05, 0.1) is 12.7 Å². The summed E-state index contributed by atoms with van der Waals surface area (Å²) in [6.07, 6.45) is 5.96. The molecule has 2 aliphatic rings. The minimum Gasteiger partial charge on any atom is -0.377 e. The molecule has 0 aromatic heterocycles. The molecular weight excluding hydrogens is 188 g/mol. The van der Waals surface area contributed by atoms with Crippen molar-refractivity contribution >= 4 is 0 Å². The van der Waals surface area contributed by atoms with Crippen molar-refractivity contribution in [1.82, 2.24) is 5.43 Å². The first-order chi connectivity index (χ1) is 7.20. The summed E-state index contributed by atoms with van der Waals surface area (Å²) in [4.78, 5) is 0. The van der Waals surface area contributed by atoms with E-state index in [1.165, 1.54) is 25.7 Å². The molecule has 0 heterocycles. The molecule has 88 valence electrons. The molecule has 0 aliphatic heterocycles. The number of ether oxygens (including phenoxy) is 1. The predicted molar refractivity (Wildman–Crippen MR) is 61.1 cm³/mol. The molecule has 2 aliphatic carbocycles. The van der Waals surface area contributed by atoms with Crippen LogP contribution in [0.4, 0.5) is 0 Å². The molecule has 3 nitrogen and oxygen atoms in total. The summed E-state index contributed by atoms with van der Waals surface area (Å²) in [5.74, 6) is 8.29. The largest absolute Gasteiger partial charge is 0.377 e. The molecule has 0 amide bonds. The molecule has 4 atom stereocenters. The van der Waals surface area contributed by atoms with Gasteiger partial charge >= 0.3 is 0 Å². The van der Waals surface area contributed by atoms with E-state index in [-0.39, 0.29) is 0 Å². The number of hydrazine groups is 1. The highest BCUT2D eigenvalue weighted by molar-refractivity contribution is 4.94. The van der Waals surface area contributed by atoms with Crippen molar-refractivity contribution < 1.29 is 4.74 Å². The van der Waals surface area contributed by atoms with Crippen LogP contribution >= 0.6 is 0 Å². The topological polar surface area (TPSA) is 47.3 Å². The number of hydrogen-bond donors (Lipinski definition) is 2. The highest BCUT2D eigenvalue weighted by atomic mass is 16.5. The zero-order valence-corrected chi connectivity index (χ0v) is 9.91. The van der Waals surface area contributed by atoms with E-state index in [9.17, 15) is 0 Å². The van der Waals surface area contributed by atoms with Gasteiger partial charge in [-0.05, 0) is 50.9 Å². The van der Waals surface area contributed by atoms with Gasteiger partial charge in [0.15, 0.2) is 0 Å². The monoisotopic (exact) mass is 212 g/mol. The van der Waals surface area contributed by atoms with Crippen LogP contribution in [0.3, 0.4) is 0 Å². The molecule has 3 heteroatoms. The smallest absolute Gasteiger partial charge is 0.0639 e. The maximum atomic E-state index is 5.67. The average Bonchev–Trinajstić information content (AvgIpc) is 2.79. The van der Waals surface area contributed by atoms with Crippen molar-refractivity contribution in [3.63, 3.8) is 0 Å². The Balaban J connectivity index is 1.84. The number of nitrogens with one attached hydrogen (secondary N) is 1. The molecule has 2 bridgehead atoms. The lowest BCUT2D eigenvalue weighted by Crippen LogP contribution is -2.46. The Kier molecular flexibility index (Phi) is 3.65. The first-order valence-corrected chi connectivity index (χ1v) is 6.28. The summed E-state index contributed by atoms with van der Waals surface area (Å²) in [7, 11) is 0. The first-order valence-electron chi connectivity index (χ1n) is 6.28. The molecule has 0 aromatic rings. The molecule has 0 spiro atoms. The van der Waals surface area contributed by atoms with Gasteiger partial charge in [-0.15, -0.1) is 0 Å². The lowest BCUT2D eigenvalue weighted by molar-refractivity contribution is 0.0401. The van der Waals surface area contributed by atoms with Crippen LogP contribution in [0.15, 0.2) is 0 Å². The van der Waals surface area contributed by atoms with Crippen molar-refractivity contribution in [2.75, 3.05) is 6.61 Å². The molecule has 2 saturated carbocycles. The lowest BCUT2D eigenvalue weighted by atomic mass is 9.84. The summed E-state index contributed by atoms with van der Waals surface area (Å²) in [5, 5.41) is 0. The Morgan fingerprint density at radius 2 is 2.13 bits per heavy atom. The number of rotatable bonds is 5. The molecule has 0 radical (unpaired) electrons. The van der Waals surface area contributed by atoms with E-state index in [4.69, 9.17) is 10.6 Å². The fourth-order valence-electron chi connectivity index (χ4n) is 3.38. The van der Waals surface area contributed by atoms with Gasteiger partial charge < -0.3 is 4.74 Å². The van der Waals surface area contributed by atoms with E-state index < -0.39 is 0 Å². The third-order valence-electron chi connectivity index (χ3n) is 4.13. The predicted octanol–water partition coefficient (Wildman–Crippen LogP) is 1.68. The molecule has 2 rings (SSSR count). The van der Waals surface area contributed by atoms with Gasteiger partial charge in [0.2, 0.25) is 0 Å². The van der Waals surface area contributed by atoms with Gasteiger partial charge in [-0.1, -0.05) is 6.42 Å². The highest BCUT2D eigenvalue weighted by Crippen LogP contribution is 2.49. The van der Waals surface area contributed by atoms with Gasteiger partial charge in [-0.3, -0.25) is 11.3 Å². The van der Waals surface area contributed by atoms with Crippen LogP contribution in [0.25, 0.3) is 0 Å². The molecule has 0 aromatic carbocycles. The highest BCUT2D eigenvalue weighted by Gasteiger charge is 2.42. The number of hydrogen-bond acceptors (Lipinski definition) is 3. The van der Waals surface area contributed by atoms with Crippen molar-refractivity contribution in [2.45, 2.75) is 51.7 Å². The molecule has 15 heavy (non-hydrogen) atoms. The van der Waals surface area contributed by atoms with Crippen LogP contribution in [-0.4, -0.2) is 18.8 Å². The van der Waals surface area contributed by atoms with Crippen molar-refractivity contribution in [1.29, 1.82) is 0 Å². The molecule has 4 unspecified atom stereocenters. The average molecular weight is 212 g/mol. The third kappa shape index (κ3) is 2.52. The molecule has 3 N–H and O–H groups in total. The Morgan fingerprint density at radius 1 is 1.33 bits per heavy atom. The fourth-order valence-corrected chi connectivity index (χ4v) is 3.38. The molecular formula is C12H24N2O. The second-order valence-electron chi connectivity index (χ2n) is 5.49. The van der Waals surface area contributed by atoms with E-state index in [1.807, 2.05) is 0 Å². The van der Waals surface area contributed by atoms with Crippen LogP contribution < -0.4 is 11.3 Å².